The summed E-state index contributed by atoms with van der Waals surface area (Å²) in [5.41, 5.74) is 1.43. The fourth-order valence-electron chi connectivity index (χ4n) is 3.61. The van der Waals surface area contributed by atoms with Gasteiger partial charge in [0.2, 0.25) is 0 Å². The maximum Gasteiger partial charge on any atom is 0.0358 e. The van der Waals surface area contributed by atoms with Crippen LogP contribution < -0.4 is 5.32 Å². The summed E-state index contributed by atoms with van der Waals surface area (Å²) in [6.07, 6.45) is 5.55. The normalized spacial score (nSPS) is 23.5. The quantitative estimate of drug-likeness (QED) is 0.842. The van der Waals surface area contributed by atoms with Gasteiger partial charge in [-0.1, -0.05) is 57.0 Å². The lowest BCUT2D eigenvalue weighted by molar-refractivity contribution is 0.168. The van der Waals surface area contributed by atoms with Crippen molar-refractivity contribution in [3.05, 3.63) is 35.9 Å². The number of hydrogen-bond donors (Lipinski definition) is 1. The number of likely N-dealkylation sites (tertiary alicyclic amines) is 1. The third-order valence-corrected chi connectivity index (χ3v) is 4.86. The predicted molar refractivity (Wildman–Crippen MR) is 91.5 cm³/mol. The van der Waals surface area contributed by atoms with Gasteiger partial charge < -0.3 is 10.2 Å². The van der Waals surface area contributed by atoms with Gasteiger partial charge in [-0.25, -0.2) is 0 Å². The van der Waals surface area contributed by atoms with Crippen molar-refractivity contribution in [3.63, 3.8) is 0 Å². The fourth-order valence-corrected chi connectivity index (χ4v) is 3.61. The molecule has 0 bridgehead atoms. The van der Waals surface area contributed by atoms with Crippen molar-refractivity contribution in [2.24, 2.45) is 5.92 Å². The van der Waals surface area contributed by atoms with Gasteiger partial charge in [0.1, 0.15) is 0 Å². The third-order valence-electron chi connectivity index (χ3n) is 4.86. The molecule has 0 aromatic heterocycles. The Morgan fingerprint density at radius 3 is 2.67 bits per heavy atom. The molecule has 2 heteroatoms. The van der Waals surface area contributed by atoms with E-state index in [-0.39, 0.29) is 0 Å². The Bertz CT molecular complexity index is 390. The highest BCUT2D eigenvalue weighted by atomic mass is 15.2. The zero-order chi connectivity index (χ0) is 15.1. The van der Waals surface area contributed by atoms with Crippen LogP contribution in [-0.4, -0.2) is 30.6 Å². The Balaban J connectivity index is 2.02. The molecule has 1 N–H and O–H groups in total. The van der Waals surface area contributed by atoms with Gasteiger partial charge in [0, 0.05) is 18.6 Å². The molecular formula is C19H32N2. The van der Waals surface area contributed by atoms with Crippen LogP contribution in [0.1, 0.15) is 58.1 Å². The zero-order valence-electron chi connectivity index (χ0n) is 14.0. The van der Waals surface area contributed by atoms with Crippen LogP contribution in [0.2, 0.25) is 0 Å². The van der Waals surface area contributed by atoms with Crippen LogP contribution in [0.3, 0.4) is 0 Å². The van der Waals surface area contributed by atoms with Crippen LogP contribution in [-0.2, 0) is 0 Å². The van der Waals surface area contributed by atoms with E-state index in [1.165, 1.54) is 44.3 Å². The molecule has 0 saturated carbocycles. The number of nitrogens with zero attached hydrogens (tertiary/aromatic N) is 1. The fraction of sp³-hybridized carbons (Fsp3) is 0.684. The average molecular weight is 288 g/mol. The van der Waals surface area contributed by atoms with E-state index in [4.69, 9.17) is 0 Å². The van der Waals surface area contributed by atoms with Gasteiger partial charge in [0.25, 0.3) is 0 Å². The summed E-state index contributed by atoms with van der Waals surface area (Å²) in [6, 6.07) is 12.1. The SMILES string of the molecule is CCNC(c1ccccc1)C(C)CN1CCCCCC1C. The topological polar surface area (TPSA) is 15.3 Å². The highest BCUT2D eigenvalue weighted by Gasteiger charge is 2.24. The van der Waals surface area contributed by atoms with Crippen molar-refractivity contribution in [2.75, 3.05) is 19.6 Å². The summed E-state index contributed by atoms with van der Waals surface area (Å²) in [5.74, 6) is 0.632. The summed E-state index contributed by atoms with van der Waals surface area (Å²) in [5, 5.41) is 3.69. The molecule has 21 heavy (non-hydrogen) atoms. The molecule has 0 radical (unpaired) electrons. The van der Waals surface area contributed by atoms with Gasteiger partial charge in [-0.05, 0) is 44.3 Å². The molecule has 0 aliphatic carbocycles. The van der Waals surface area contributed by atoms with E-state index in [1.807, 2.05) is 0 Å². The highest BCUT2D eigenvalue weighted by molar-refractivity contribution is 5.19. The van der Waals surface area contributed by atoms with Gasteiger partial charge >= 0.3 is 0 Å². The van der Waals surface area contributed by atoms with Crippen LogP contribution in [0.15, 0.2) is 30.3 Å². The highest BCUT2D eigenvalue weighted by Crippen LogP contribution is 2.25. The van der Waals surface area contributed by atoms with Crippen molar-refractivity contribution < 1.29 is 0 Å². The molecule has 1 saturated heterocycles. The van der Waals surface area contributed by atoms with E-state index in [0.29, 0.717) is 12.0 Å². The Labute approximate surface area is 130 Å². The first-order valence-electron chi connectivity index (χ1n) is 8.74. The van der Waals surface area contributed by atoms with E-state index < -0.39 is 0 Å². The zero-order valence-corrected chi connectivity index (χ0v) is 14.0. The first-order chi connectivity index (χ1) is 10.2. The second-order valence-electron chi connectivity index (χ2n) is 6.62. The number of benzene rings is 1. The molecule has 3 unspecified atom stereocenters. The van der Waals surface area contributed by atoms with Crippen molar-refractivity contribution >= 4 is 0 Å². The van der Waals surface area contributed by atoms with Crippen molar-refractivity contribution in [2.45, 2.75) is 58.5 Å². The van der Waals surface area contributed by atoms with Crippen LogP contribution in [0, 0.1) is 5.92 Å². The molecular weight excluding hydrogens is 256 g/mol. The Hall–Kier alpha value is -0.860. The predicted octanol–water partition coefficient (Wildman–Crippen LogP) is 4.24. The summed E-state index contributed by atoms with van der Waals surface area (Å²) in [7, 11) is 0. The smallest absolute Gasteiger partial charge is 0.0358 e. The molecule has 3 atom stereocenters. The minimum absolute atomic E-state index is 0.464. The van der Waals surface area contributed by atoms with Gasteiger partial charge in [-0.15, -0.1) is 0 Å². The van der Waals surface area contributed by atoms with Gasteiger partial charge in [0.05, 0.1) is 0 Å². The van der Waals surface area contributed by atoms with E-state index in [0.717, 1.165) is 12.6 Å². The average Bonchev–Trinajstić information content (AvgIpc) is 2.70. The van der Waals surface area contributed by atoms with Crippen molar-refractivity contribution in [3.8, 4) is 0 Å². The van der Waals surface area contributed by atoms with E-state index in [2.05, 4.69) is 61.3 Å². The lowest BCUT2D eigenvalue weighted by atomic mass is 9.93. The standard InChI is InChI=1S/C19H32N2/c1-4-20-19(18-12-8-5-9-13-18)16(2)15-21-14-10-6-7-11-17(21)3/h5,8-9,12-13,16-17,19-20H,4,6-7,10-11,14-15H2,1-3H3. The Morgan fingerprint density at radius 1 is 1.19 bits per heavy atom. The van der Waals surface area contributed by atoms with Crippen LogP contribution in [0.25, 0.3) is 0 Å². The monoisotopic (exact) mass is 288 g/mol. The van der Waals surface area contributed by atoms with Gasteiger partial charge in [-0.3, -0.25) is 0 Å². The van der Waals surface area contributed by atoms with Crippen LogP contribution in [0.5, 0.6) is 0 Å². The molecule has 1 heterocycles. The van der Waals surface area contributed by atoms with Crippen LogP contribution >= 0.6 is 0 Å². The minimum Gasteiger partial charge on any atom is -0.310 e. The molecule has 118 valence electrons. The van der Waals surface area contributed by atoms with E-state index >= 15 is 0 Å². The molecule has 0 spiro atoms. The van der Waals surface area contributed by atoms with Gasteiger partial charge in [-0.2, -0.15) is 0 Å². The maximum absolute atomic E-state index is 3.69. The summed E-state index contributed by atoms with van der Waals surface area (Å²) in [6.45, 7) is 10.5. The largest absolute Gasteiger partial charge is 0.310 e. The number of rotatable bonds is 6. The van der Waals surface area contributed by atoms with Crippen molar-refractivity contribution in [1.82, 2.24) is 10.2 Å². The molecule has 0 amide bonds. The first kappa shape index (κ1) is 16.5. The van der Waals surface area contributed by atoms with Gasteiger partial charge in [0.15, 0.2) is 0 Å². The lowest BCUT2D eigenvalue weighted by Gasteiger charge is -2.33. The summed E-state index contributed by atoms with van der Waals surface area (Å²) in [4.78, 5) is 2.71. The Kier molecular flexibility index (Phi) is 6.72. The first-order valence-corrected chi connectivity index (χ1v) is 8.74. The minimum atomic E-state index is 0.464. The second-order valence-corrected chi connectivity index (χ2v) is 6.62. The summed E-state index contributed by atoms with van der Waals surface area (Å²) < 4.78 is 0. The summed E-state index contributed by atoms with van der Waals surface area (Å²) >= 11 is 0. The number of nitrogens with one attached hydrogen (secondary N) is 1. The van der Waals surface area contributed by atoms with E-state index in [9.17, 15) is 0 Å². The molecule has 1 aliphatic heterocycles. The molecule has 2 nitrogen and oxygen atoms in total. The molecule has 1 aliphatic rings. The lowest BCUT2D eigenvalue weighted by Crippen LogP contribution is -2.40. The molecule has 1 aromatic rings. The third kappa shape index (κ3) is 4.82. The van der Waals surface area contributed by atoms with E-state index in [1.54, 1.807) is 0 Å². The molecule has 1 aromatic carbocycles. The number of hydrogen-bond acceptors (Lipinski definition) is 2. The second kappa shape index (κ2) is 8.55. The Morgan fingerprint density at radius 2 is 1.95 bits per heavy atom. The maximum atomic E-state index is 3.69. The van der Waals surface area contributed by atoms with Crippen molar-refractivity contribution in [1.29, 1.82) is 0 Å². The molecule has 2 rings (SSSR count). The molecule has 1 fully saturated rings. The van der Waals surface area contributed by atoms with Crippen LogP contribution in [0.4, 0.5) is 0 Å².